The van der Waals surface area contributed by atoms with Crippen molar-refractivity contribution in [1.82, 2.24) is 4.90 Å². The molecular formula is C20H23N3O5S. The van der Waals surface area contributed by atoms with Gasteiger partial charge in [0.2, 0.25) is 0 Å². The highest BCUT2D eigenvalue weighted by Gasteiger charge is 2.26. The number of benzene rings is 1. The largest absolute Gasteiger partial charge is 0.372 e. The molecule has 0 aliphatic carbocycles. The lowest BCUT2D eigenvalue weighted by atomic mass is 10.1. The number of morpholine rings is 1. The third kappa shape index (κ3) is 4.99. The van der Waals surface area contributed by atoms with Gasteiger partial charge in [0.05, 0.1) is 22.0 Å². The van der Waals surface area contributed by atoms with Crippen LogP contribution in [0.1, 0.15) is 46.4 Å². The molecule has 29 heavy (non-hydrogen) atoms. The summed E-state index contributed by atoms with van der Waals surface area (Å²) in [5, 5.41) is 14.6. The number of carbonyl (C=O) groups excluding carboxylic acids is 2. The van der Waals surface area contributed by atoms with Gasteiger partial charge < -0.3 is 15.0 Å². The topological polar surface area (TPSA) is 102 Å². The van der Waals surface area contributed by atoms with E-state index in [1.165, 1.54) is 13.0 Å². The smallest absolute Gasteiger partial charge is 0.304 e. The summed E-state index contributed by atoms with van der Waals surface area (Å²) >= 11 is 1.07. The second kappa shape index (κ2) is 8.71. The molecule has 1 aromatic heterocycles. The predicted octanol–water partition coefficient (Wildman–Crippen LogP) is 3.72. The van der Waals surface area contributed by atoms with Crippen LogP contribution in [0.4, 0.5) is 10.7 Å². The van der Waals surface area contributed by atoms with Gasteiger partial charge in [0.1, 0.15) is 0 Å². The molecule has 1 aromatic carbocycles. The summed E-state index contributed by atoms with van der Waals surface area (Å²) in [6, 6.07) is 8.45. The number of thiophene rings is 1. The highest BCUT2D eigenvalue weighted by atomic mass is 32.1. The van der Waals surface area contributed by atoms with Crippen LogP contribution < -0.4 is 5.32 Å². The molecule has 1 N–H and O–H groups in total. The normalized spacial score (nSPS) is 19.1. The summed E-state index contributed by atoms with van der Waals surface area (Å²) < 4.78 is 5.67. The number of amides is 1. The van der Waals surface area contributed by atoms with Gasteiger partial charge in [-0.1, -0.05) is 12.1 Å². The van der Waals surface area contributed by atoms with E-state index >= 15 is 0 Å². The van der Waals surface area contributed by atoms with Crippen LogP contribution in [0, 0.1) is 10.1 Å². The zero-order valence-corrected chi connectivity index (χ0v) is 17.3. The van der Waals surface area contributed by atoms with Crippen LogP contribution in [0.3, 0.4) is 0 Å². The van der Waals surface area contributed by atoms with E-state index in [1.54, 1.807) is 17.0 Å². The number of nitrogens with zero attached hydrogens (tertiary/aromatic N) is 2. The number of Topliss-reactive ketones (excluding diaryl/α,β-unsaturated/α-hetero) is 1. The van der Waals surface area contributed by atoms with Crippen LogP contribution >= 0.6 is 11.3 Å². The minimum absolute atomic E-state index is 0.00709. The molecule has 2 aromatic rings. The highest BCUT2D eigenvalue weighted by molar-refractivity contribution is 7.18. The van der Waals surface area contributed by atoms with E-state index in [9.17, 15) is 19.7 Å². The Bertz CT molecular complexity index is 915. The fourth-order valence-electron chi connectivity index (χ4n) is 3.29. The van der Waals surface area contributed by atoms with Gasteiger partial charge in [-0.05, 0) is 38.5 Å². The van der Waals surface area contributed by atoms with E-state index in [1.807, 2.05) is 26.0 Å². The summed E-state index contributed by atoms with van der Waals surface area (Å²) in [5.41, 5.74) is 1.36. The number of carbonyl (C=O) groups is 2. The van der Waals surface area contributed by atoms with Crippen molar-refractivity contribution in [2.75, 3.05) is 18.4 Å². The summed E-state index contributed by atoms with van der Waals surface area (Å²) in [7, 11) is 0. The third-order valence-electron chi connectivity index (χ3n) is 4.62. The van der Waals surface area contributed by atoms with Crippen molar-refractivity contribution in [3.8, 4) is 0 Å². The zero-order chi connectivity index (χ0) is 21.1. The summed E-state index contributed by atoms with van der Waals surface area (Å²) in [6.45, 7) is 6.75. The van der Waals surface area contributed by atoms with Crippen LogP contribution in [0.25, 0.3) is 0 Å². The predicted molar refractivity (Wildman–Crippen MR) is 111 cm³/mol. The number of nitro groups is 1. The fourth-order valence-corrected chi connectivity index (χ4v) is 4.21. The van der Waals surface area contributed by atoms with Crippen LogP contribution in [0.5, 0.6) is 0 Å². The molecule has 0 saturated carbocycles. The summed E-state index contributed by atoms with van der Waals surface area (Å²) in [4.78, 5) is 37.0. The SMILES string of the molecule is CC(=O)c1cc([N+](=O)[O-])c(NCc2ccc(C(=O)N3C[C@H](C)O[C@@H](C)C3)cc2)s1. The monoisotopic (exact) mass is 417 g/mol. The molecule has 2 atom stereocenters. The Balaban J connectivity index is 1.66. The van der Waals surface area contributed by atoms with Crippen molar-refractivity contribution >= 4 is 33.7 Å². The maximum Gasteiger partial charge on any atom is 0.304 e. The van der Waals surface area contributed by atoms with Gasteiger partial charge in [-0.3, -0.25) is 19.7 Å². The molecule has 154 valence electrons. The molecule has 8 nitrogen and oxygen atoms in total. The molecule has 0 bridgehead atoms. The van der Waals surface area contributed by atoms with Gasteiger partial charge >= 0.3 is 5.69 Å². The van der Waals surface area contributed by atoms with Crippen LogP contribution in [0.15, 0.2) is 30.3 Å². The molecular weight excluding hydrogens is 394 g/mol. The second-order valence-corrected chi connectivity index (χ2v) is 8.21. The molecule has 1 amide bonds. The maximum absolute atomic E-state index is 12.7. The highest BCUT2D eigenvalue weighted by Crippen LogP contribution is 2.35. The number of nitrogens with one attached hydrogen (secondary N) is 1. The van der Waals surface area contributed by atoms with Gasteiger partial charge in [-0.2, -0.15) is 0 Å². The minimum Gasteiger partial charge on any atom is -0.372 e. The molecule has 0 radical (unpaired) electrons. The van der Waals surface area contributed by atoms with Gasteiger partial charge in [-0.25, -0.2) is 0 Å². The standard InChI is InChI=1S/C20H23N3O5S/c1-12-10-22(11-13(2)28-12)20(25)16-6-4-15(5-7-16)9-21-19-17(23(26)27)8-18(29-19)14(3)24/h4-8,12-13,21H,9-11H2,1-3H3/t12-,13-/m0/s1. The number of hydrogen-bond acceptors (Lipinski definition) is 7. The maximum atomic E-state index is 12.7. The van der Waals surface area contributed by atoms with E-state index in [4.69, 9.17) is 4.74 Å². The number of hydrogen-bond donors (Lipinski definition) is 1. The lowest BCUT2D eigenvalue weighted by molar-refractivity contribution is -0.383. The van der Waals surface area contributed by atoms with Gasteiger partial charge in [0.25, 0.3) is 5.91 Å². The van der Waals surface area contributed by atoms with Crippen molar-refractivity contribution < 1.29 is 19.2 Å². The van der Waals surface area contributed by atoms with E-state index in [0.717, 1.165) is 16.9 Å². The Morgan fingerprint density at radius 3 is 2.41 bits per heavy atom. The van der Waals surface area contributed by atoms with Crippen molar-refractivity contribution in [1.29, 1.82) is 0 Å². The van der Waals surface area contributed by atoms with Crippen molar-refractivity contribution in [3.05, 3.63) is 56.5 Å². The number of rotatable bonds is 6. The van der Waals surface area contributed by atoms with Gasteiger partial charge in [-0.15, -0.1) is 11.3 Å². The van der Waals surface area contributed by atoms with Crippen LogP contribution in [-0.2, 0) is 11.3 Å². The molecule has 1 aliphatic rings. The van der Waals surface area contributed by atoms with E-state index in [0.29, 0.717) is 35.1 Å². The number of anilines is 1. The average molecular weight is 417 g/mol. The molecule has 1 saturated heterocycles. The van der Waals surface area contributed by atoms with Crippen molar-refractivity contribution in [2.24, 2.45) is 0 Å². The molecule has 0 unspecified atom stereocenters. The minimum atomic E-state index is -0.503. The second-order valence-electron chi connectivity index (χ2n) is 7.16. The molecule has 0 spiro atoms. The molecule has 2 heterocycles. The Kier molecular flexibility index (Phi) is 6.29. The molecule has 1 aliphatic heterocycles. The average Bonchev–Trinajstić information content (AvgIpc) is 3.10. The van der Waals surface area contributed by atoms with Crippen molar-refractivity contribution in [2.45, 2.75) is 39.5 Å². The summed E-state index contributed by atoms with van der Waals surface area (Å²) in [6.07, 6.45) is 0.0142. The van der Waals surface area contributed by atoms with Crippen LogP contribution in [-0.4, -0.2) is 46.8 Å². The first kappa shape index (κ1) is 20.9. The third-order valence-corrected chi connectivity index (χ3v) is 5.80. The Hall–Kier alpha value is -2.78. The lowest BCUT2D eigenvalue weighted by Crippen LogP contribution is -2.48. The Morgan fingerprint density at radius 2 is 1.86 bits per heavy atom. The van der Waals surface area contributed by atoms with E-state index < -0.39 is 4.92 Å². The fraction of sp³-hybridized carbons (Fsp3) is 0.400. The molecule has 1 fully saturated rings. The van der Waals surface area contributed by atoms with Crippen molar-refractivity contribution in [3.63, 3.8) is 0 Å². The first-order valence-corrected chi connectivity index (χ1v) is 10.1. The van der Waals surface area contributed by atoms with Gasteiger partial charge in [0.15, 0.2) is 10.8 Å². The first-order chi connectivity index (χ1) is 13.7. The Morgan fingerprint density at radius 1 is 1.24 bits per heavy atom. The Labute approximate surface area is 172 Å². The van der Waals surface area contributed by atoms with E-state index in [-0.39, 0.29) is 29.6 Å². The molecule has 9 heteroatoms. The van der Waals surface area contributed by atoms with E-state index in [2.05, 4.69) is 5.32 Å². The number of ether oxygens (including phenoxy) is 1. The van der Waals surface area contributed by atoms with Gasteiger partial charge in [0, 0.05) is 31.3 Å². The zero-order valence-electron chi connectivity index (χ0n) is 16.5. The molecule has 3 rings (SSSR count). The van der Waals surface area contributed by atoms with Crippen LogP contribution in [0.2, 0.25) is 0 Å². The summed E-state index contributed by atoms with van der Waals surface area (Å²) in [5.74, 6) is -0.243. The lowest BCUT2D eigenvalue weighted by Gasteiger charge is -2.35. The quantitative estimate of drug-likeness (QED) is 0.437. The first-order valence-electron chi connectivity index (χ1n) is 9.31. The number of ketones is 1.